The van der Waals surface area contributed by atoms with Crippen LogP contribution in [0, 0.1) is 0 Å². The minimum absolute atomic E-state index is 0.0407. The molecule has 3 aromatic rings. The van der Waals surface area contributed by atoms with Crippen LogP contribution in [0.2, 0.25) is 0 Å². The van der Waals surface area contributed by atoms with Crippen molar-refractivity contribution in [2.24, 2.45) is 0 Å². The van der Waals surface area contributed by atoms with Crippen molar-refractivity contribution in [3.63, 3.8) is 0 Å². The summed E-state index contributed by atoms with van der Waals surface area (Å²) < 4.78 is 87.0. The summed E-state index contributed by atoms with van der Waals surface area (Å²) in [4.78, 5) is 4.34. The second-order valence-corrected chi connectivity index (χ2v) is 9.37. The quantitative estimate of drug-likeness (QED) is 0.324. The Morgan fingerprint density at radius 1 is 0.730 bits per heavy atom. The van der Waals surface area contributed by atoms with E-state index in [-0.39, 0.29) is 18.1 Å². The Balaban J connectivity index is 1.74. The highest BCUT2D eigenvalue weighted by Crippen LogP contribution is 2.41. The zero-order valence-electron chi connectivity index (χ0n) is 20.5. The Kier molecular flexibility index (Phi) is 7.46. The standard InChI is InChI=1S/C28H28F6N2O/c1-26(24-10-6-7-11-25(24)37-2,36-14-12-35(13-15-36)23-8-4-3-5-9-23)19-20-16-21(27(29,30)31)18-22(17-20)28(32,33)34/h3-11,16-18H,12-15,19H2,1-2H3. The van der Waals surface area contributed by atoms with E-state index >= 15 is 0 Å². The lowest BCUT2D eigenvalue weighted by molar-refractivity contribution is -0.143. The van der Waals surface area contributed by atoms with Crippen LogP contribution in [0.4, 0.5) is 32.0 Å². The summed E-state index contributed by atoms with van der Waals surface area (Å²) in [6, 6.07) is 18.8. The lowest BCUT2D eigenvalue weighted by Gasteiger charge is -2.47. The molecule has 9 heteroatoms. The smallest absolute Gasteiger partial charge is 0.416 e. The maximum absolute atomic E-state index is 13.6. The summed E-state index contributed by atoms with van der Waals surface area (Å²) in [5, 5.41) is 0. The van der Waals surface area contributed by atoms with Gasteiger partial charge in [-0.2, -0.15) is 26.3 Å². The fraction of sp³-hybridized carbons (Fsp3) is 0.357. The first-order valence-electron chi connectivity index (χ1n) is 11.9. The number of halogens is 6. The number of hydrogen-bond acceptors (Lipinski definition) is 3. The molecular weight excluding hydrogens is 494 g/mol. The van der Waals surface area contributed by atoms with Crippen molar-refractivity contribution in [3.05, 3.63) is 95.1 Å². The molecule has 0 saturated carbocycles. The Labute approximate surface area is 212 Å². The minimum atomic E-state index is -4.90. The number of benzene rings is 3. The van der Waals surface area contributed by atoms with Crippen molar-refractivity contribution in [3.8, 4) is 5.75 Å². The second-order valence-electron chi connectivity index (χ2n) is 9.37. The lowest BCUT2D eigenvalue weighted by atomic mass is 9.82. The molecule has 0 spiro atoms. The third-order valence-corrected chi connectivity index (χ3v) is 6.98. The van der Waals surface area contributed by atoms with Gasteiger partial charge in [0.1, 0.15) is 5.75 Å². The van der Waals surface area contributed by atoms with E-state index in [1.54, 1.807) is 18.2 Å². The van der Waals surface area contributed by atoms with E-state index in [0.29, 0.717) is 37.5 Å². The number of anilines is 1. The SMILES string of the molecule is COc1ccccc1C(C)(Cc1cc(C(F)(F)F)cc(C(F)(F)F)c1)N1CCN(c2ccccc2)CC1. The molecule has 0 radical (unpaired) electrons. The van der Waals surface area contributed by atoms with Crippen LogP contribution in [-0.2, 0) is 24.3 Å². The number of alkyl halides is 6. The molecule has 0 aliphatic carbocycles. The normalized spacial score (nSPS) is 16.9. The maximum Gasteiger partial charge on any atom is 0.416 e. The van der Waals surface area contributed by atoms with Gasteiger partial charge in [-0.05, 0) is 55.3 Å². The third-order valence-electron chi connectivity index (χ3n) is 6.98. The average Bonchev–Trinajstić information content (AvgIpc) is 2.88. The molecule has 0 bridgehead atoms. The van der Waals surface area contributed by atoms with Crippen LogP contribution < -0.4 is 9.64 Å². The fourth-order valence-corrected chi connectivity index (χ4v) is 5.08. The molecule has 198 valence electrons. The first-order valence-corrected chi connectivity index (χ1v) is 11.9. The molecule has 0 amide bonds. The van der Waals surface area contributed by atoms with E-state index in [9.17, 15) is 26.3 Å². The maximum atomic E-state index is 13.6. The molecule has 0 aromatic heterocycles. The van der Waals surface area contributed by atoms with Gasteiger partial charge in [-0.25, -0.2) is 0 Å². The number of methoxy groups -OCH3 is 1. The zero-order chi connectivity index (χ0) is 26.8. The summed E-state index contributed by atoms with van der Waals surface area (Å²) >= 11 is 0. The number of piperazine rings is 1. The molecule has 1 unspecified atom stereocenters. The average molecular weight is 523 g/mol. The van der Waals surface area contributed by atoms with Crippen LogP contribution in [0.15, 0.2) is 72.8 Å². The summed E-state index contributed by atoms with van der Waals surface area (Å²) in [6.07, 6.45) is -9.87. The summed E-state index contributed by atoms with van der Waals surface area (Å²) in [5.41, 5.74) is -1.82. The molecule has 4 rings (SSSR count). The van der Waals surface area contributed by atoms with Gasteiger partial charge in [0, 0.05) is 37.4 Å². The molecule has 1 saturated heterocycles. The minimum Gasteiger partial charge on any atom is -0.496 e. The number of rotatable bonds is 6. The van der Waals surface area contributed by atoms with E-state index in [4.69, 9.17) is 4.74 Å². The van der Waals surface area contributed by atoms with Crippen molar-refractivity contribution >= 4 is 5.69 Å². The summed E-state index contributed by atoms with van der Waals surface area (Å²) in [6.45, 7) is 4.30. The summed E-state index contributed by atoms with van der Waals surface area (Å²) in [5.74, 6) is 0.526. The number of nitrogens with zero attached hydrogens (tertiary/aromatic N) is 2. The van der Waals surface area contributed by atoms with E-state index in [0.717, 1.165) is 17.8 Å². The van der Waals surface area contributed by atoms with Crippen LogP contribution in [0.5, 0.6) is 5.75 Å². The van der Waals surface area contributed by atoms with Crippen molar-refractivity contribution < 1.29 is 31.1 Å². The van der Waals surface area contributed by atoms with E-state index in [1.165, 1.54) is 7.11 Å². The van der Waals surface area contributed by atoms with Crippen LogP contribution in [0.25, 0.3) is 0 Å². The first-order chi connectivity index (χ1) is 17.4. The van der Waals surface area contributed by atoms with Crippen LogP contribution in [0.1, 0.15) is 29.2 Å². The number of ether oxygens (including phenoxy) is 1. The van der Waals surface area contributed by atoms with Gasteiger partial charge in [-0.1, -0.05) is 36.4 Å². The first kappa shape index (κ1) is 26.9. The van der Waals surface area contributed by atoms with E-state index in [2.05, 4.69) is 9.80 Å². The van der Waals surface area contributed by atoms with Gasteiger partial charge < -0.3 is 9.64 Å². The molecule has 37 heavy (non-hydrogen) atoms. The largest absolute Gasteiger partial charge is 0.496 e. The predicted octanol–water partition coefficient (Wildman–Crippen LogP) is 7.01. The monoisotopic (exact) mass is 522 g/mol. The van der Waals surface area contributed by atoms with Gasteiger partial charge >= 0.3 is 12.4 Å². The second kappa shape index (κ2) is 10.3. The van der Waals surface area contributed by atoms with Crippen LogP contribution in [-0.4, -0.2) is 38.2 Å². The van der Waals surface area contributed by atoms with Gasteiger partial charge in [0.25, 0.3) is 0 Å². The highest BCUT2D eigenvalue weighted by molar-refractivity contribution is 5.47. The summed E-state index contributed by atoms with van der Waals surface area (Å²) in [7, 11) is 1.50. The Morgan fingerprint density at radius 2 is 1.27 bits per heavy atom. The zero-order valence-corrected chi connectivity index (χ0v) is 20.5. The molecular formula is C28H28F6N2O. The van der Waals surface area contributed by atoms with Gasteiger partial charge in [0.05, 0.1) is 23.8 Å². The lowest BCUT2D eigenvalue weighted by Crippen LogP contribution is -2.55. The van der Waals surface area contributed by atoms with Gasteiger partial charge in [0.2, 0.25) is 0 Å². The van der Waals surface area contributed by atoms with Crippen LogP contribution in [0.3, 0.4) is 0 Å². The molecule has 1 aliphatic heterocycles. The third kappa shape index (κ3) is 5.87. The predicted molar refractivity (Wildman–Crippen MR) is 131 cm³/mol. The molecule has 3 nitrogen and oxygen atoms in total. The van der Waals surface area contributed by atoms with Gasteiger partial charge in [-0.3, -0.25) is 4.90 Å². The highest BCUT2D eigenvalue weighted by atomic mass is 19.4. The number of para-hydroxylation sites is 2. The van der Waals surface area contributed by atoms with Crippen LogP contribution >= 0.6 is 0 Å². The van der Waals surface area contributed by atoms with E-state index < -0.39 is 29.0 Å². The topological polar surface area (TPSA) is 15.7 Å². The van der Waals surface area contributed by atoms with Gasteiger partial charge in [0.15, 0.2) is 0 Å². The van der Waals surface area contributed by atoms with E-state index in [1.807, 2.05) is 43.3 Å². The number of hydrogen-bond donors (Lipinski definition) is 0. The molecule has 3 aromatic carbocycles. The fourth-order valence-electron chi connectivity index (χ4n) is 5.08. The van der Waals surface area contributed by atoms with Crippen molar-refractivity contribution in [1.82, 2.24) is 4.90 Å². The Hall–Kier alpha value is -3.20. The van der Waals surface area contributed by atoms with Crippen molar-refractivity contribution in [2.75, 3.05) is 38.2 Å². The molecule has 1 aliphatic rings. The van der Waals surface area contributed by atoms with Crippen molar-refractivity contribution in [1.29, 1.82) is 0 Å². The Bertz CT molecular complexity index is 1170. The van der Waals surface area contributed by atoms with Gasteiger partial charge in [-0.15, -0.1) is 0 Å². The molecule has 1 fully saturated rings. The molecule has 0 N–H and O–H groups in total. The highest BCUT2D eigenvalue weighted by Gasteiger charge is 2.41. The van der Waals surface area contributed by atoms with Crippen molar-refractivity contribution in [2.45, 2.75) is 31.2 Å². The Morgan fingerprint density at radius 3 is 1.81 bits per heavy atom. The molecule has 1 heterocycles. The molecule has 1 atom stereocenters.